The second kappa shape index (κ2) is 6.90. The minimum absolute atomic E-state index is 0.0889. The van der Waals surface area contributed by atoms with Crippen LogP contribution in [0.25, 0.3) is 0 Å². The molecule has 0 radical (unpaired) electrons. The van der Waals surface area contributed by atoms with Gasteiger partial charge in [-0.25, -0.2) is 12.7 Å². The van der Waals surface area contributed by atoms with Crippen LogP contribution in [0.5, 0.6) is 0 Å². The maximum atomic E-state index is 12.7. The van der Waals surface area contributed by atoms with Gasteiger partial charge < -0.3 is 5.32 Å². The Balaban J connectivity index is 1.98. The zero-order valence-corrected chi connectivity index (χ0v) is 17.6. The van der Waals surface area contributed by atoms with E-state index in [-0.39, 0.29) is 22.0 Å². The molecule has 28 heavy (non-hydrogen) atoms. The number of halogens is 1. The molecular formula is C20H21ClN2O4S. The molecule has 1 aliphatic rings. The number of carbonyl (C=O) groups excluding carboxylic acids is 2. The third-order valence-electron chi connectivity index (χ3n) is 4.49. The van der Waals surface area contributed by atoms with Crippen molar-refractivity contribution in [2.45, 2.75) is 27.7 Å². The fraction of sp³-hybridized carbons (Fsp3) is 0.300. The molecule has 6 nitrogen and oxygen atoms in total. The number of nitrogens with one attached hydrogen (secondary N) is 1. The number of hydrogen-bond donors (Lipinski definition) is 1. The summed E-state index contributed by atoms with van der Waals surface area (Å²) >= 11 is 6.18. The summed E-state index contributed by atoms with van der Waals surface area (Å²) < 4.78 is 25.7. The quantitative estimate of drug-likeness (QED) is 0.815. The minimum atomic E-state index is -3.81. The van der Waals surface area contributed by atoms with Crippen molar-refractivity contribution in [2.24, 2.45) is 5.41 Å². The zero-order valence-electron chi connectivity index (χ0n) is 16.0. The van der Waals surface area contributed by atoms with E-state index in [2.05, 4.69) is 5.32 Å². The van der Waals surface area contributed by atoms with Gasteiger partial charge in [0.2, 0.25) is 15.9 Å². The predicted octanol–water partition coefficient (Wildman–Crippen LogP) is 3.91. The standard InChI is InChI=1S/C20H21ClN2O4S/c1-12-7-13(2)9-14(8-12)22-18(24)16-10-15(5-6-17(16)21)23-19(25)20(3,4)11-28(23,26)27/h5-10H,11H2,1-4H3,(H,22,24). The van der Waals surface area contributed by atoms with E-state index in [0.29, 0.717) is 5.69 Å². The van der Waals surface area contributed by atoms with Gasteiger partial charge in [-0.3, -0.25) is 9.59 Å². The molecule has 0 atom stereocenters. The lowest BCUT2D eigenvalue weighted by atomic mass is 9.95. The van der Waals surface area contributed by atoms with Gasteiger partial charge in [0, 0.05) is 5.69 Å². The normalized spacial score (nSPS) is 17.6. The van der Waals surface area contributed by atoms with E-state index in [9.17, 15) is 18.0 Å². The third-order valence-corrected chi connectivity index (χ3v) is 6.84. The highest BCUT2D eigenvalue weighted by atomic mass is 35.5. The highest BCUT2D eigenvalue weighted by molar-refractivity contribution is 7.94. The molecule has 1 aliphatic heterocycles. The summed E-state index contributed by atoms with van der Waals surface area (Å²) in [6.45, 7) is 7.00. The fourth-order valence-electron chi connectivity index (χ4n) is 3.32. The number of aryl methyl sites for hydroxylation is 2. The van der Waals surface area contributed by atoms with Crippen LogP contribution in [-0.2, 0) is 14.8 Å². The molecule has 0 aliphatic carbocycles. The first-order chi connectivity index (χ1) is 12.9. The van der Waals surface area contributed by atoms with E-state index < -0.39 is 27.3 Å². The van der Waals surface area contributed by atoms with Crippen molar-refractivity contribution in [1.29, 1.82) is 0 Å². The van der Waals surface area contributed by atoms with Crippen molar-refractivity contribution < 1.29 is 18.0 Å². The number of rotatable bonds is 3. The van der Waals surface area contributed by atoms with Gasteiger partial charge in [-0.15, -0.1) is 0 Å². The van der Waals surface area contributed by atoms with Crippen LogP contribution in [0.15, 0.2) is 36.4 Å². The lowest BCUT2D eigenvalue weighted by Crippen LogP contribution is -2.33. The fourth-order valence-corrected chi connectivity index (χ4v) is 5.62. The van der Waals surface area contributed by atoms with Gasteiger partial charge in [-0.2, -0.15) is 0 Å². The molecule has 0 saturated carbocycles. The Morgan fingerprint density at radius 3 is 2.25 bits per heavy atom. The zero-order chi connectivity index (χ0) is 20.9. The third kappa shape index (κ3) is 3.77. The lowest BCUT2D eigenvalue weighted by molar-refractivity contribution is -0.123. The molecule has 3 rings (SSSR count). The van der Waals surface area contributed by atoms with Crippen molar-refractivity contribution in [3.8, 4) is 0 Å². The van der Waals surface area contributed by atoms with Crippen LogP contribution in [0.2, 0.25) is 5.02 Å². The molecule has 0 bridgehead atoms. The molecule has 0 unspecified atom stereocenters. The maximum absolute atomic E-state index is 12.7. The number of sulfonamides is 1. The highest BCUT2D eigenvalue weighted by Gasteiger charge is 2.50. The second-order valence-electron chi connectivity index (χ2n) is 7.70. The van der Waals surface area contributed by atoms with Gasteiger partial charge in [-0.05, 0) is 69.2 Å². The Bertz CT molecular complexity index is 1070. The van der Waals surface area contributed by atoms with Crippen molar-refractivity contribution in [3.05, 3.63) is 58.1 Å². The van der Waals surface area contributed by atoms with E-state index in [1.807, 2.05) is 32.0 Å². The molecule has 8 heteroatoms. The molecular weight excluding hydrogens is 400 g/mol. The number of benzene rings is 2. The van der Waals surface area contributed by atoms with E-state index in [1.165, 1.54) is 18.2 Å². The lowest BCUT2D eigenvalue weighted by Gasteiger charge is -2.18. The Labute approximate surface area is 169 Å². The van der Waals surface area contributed by atoms with Gasteiger partial charge >= 0.3 is 0 Å². The average molecular weight is 421 g/mol. The largest absolute Gasteiger partial charge is 0.322 e. The maximum Gasteiger partial charge on any atom is 0.257 e. The molecule has 1 fully saturated rings. The van der Waals surface area contributed by atoms with Crippen LogP contribution in [0.1, 0.15) is 35.3 Å². The average Bonchev–Trinajstić information content (AvgIpc) is 2.70. The van der Waals surface area contributed by atoms with Gasteiger partial charge in [0.25, 0.3) is 5.91 Å². The SMILES string of the molecule is Cc1cc(C)cc(NC(=O)c2cc(N3C(=O)C(C)(C)CS3(=O)=O)ccc2Cl)c1. The summed E-state index contributed by atoms with van der Waals surface area (Å²) in [7, 11) is -3.81. The molecule has 2 amide bonds. The number of nitrogens with zero attached hydrogens (tertiary/aromatic N) is 1. The van der Waals surface area contributed by atoms with Crippen molar-refractivity contribution in [2.75, 3.05) is 15.4 Å². The Kier molecular flexibility index (Phi) is 5.02. The van der Waals surface area contributed by atoms with Crippen molar-refractivity contribution in [1.82, 2.24) is 0 Å². The number of anilines is 2. The molecule has 148 valence electrons. The number of amides is 2. The first-order valence-electron chi connectivity index (χ1n) is 8.67. The van der Waals surface area contributed by atoms with Crippen LogP contribution in [0, 0.1) is 19.3 Å². The Morgan fingerprint density at radius 1 is 1.11 bits per heavy atom. The van der Waals surface area contributed by atoms with Gasteiger partial charge in [0.15, 0.2) is 0 Å². The summed E-state index contributed by atoms with van der Waals surface area (Å²) in [5.41, 5.74) is 1.75. The summed E-state index contributed by atoms with van der Waals surface area (Å²) in [5, 5.41) is 2.93. The minimum Gasteiger partial charge on any atom is -0.322 e. The summed E-state index contributed by atoms with van der Waals surface area (Å²) in [6.07, 6.45) is 0. The van der Waals surface area contributed by atoms with E-state index in [1.54, 1.807) is 13.8 Å². The first kappa shape index (κ1) is 20.4. The molecule has 2 aromatic carbocycles. The topological polar surface area (TPSA) is 83.6 Å². The van der Waals surface area contributed by atoms with Gasteiger partial charge in [0.1, 0.15) is 0 Å². The Hall–Kier alpha value is -2.38. The monoisotopic (exact) mass is 420 g/mol. The van der Waals surface area contributed by atoms with Crippen LogP contribution in [0.3, 0.4) is 0 Å². The van der Waals surface area contributed by atoms with E-state index >= 15 is 0 Å². The van der Waals surface area contributed by atoms with Crippen molar-refractivity contribution >= 4 is 44.8 Å². The molecule has 1 heterocycles. The molecule has 2 aromatic rings. The summed E-state index contributed by atoms with van der Waals surface area (Å²) in [4.78, 5) is 25.3. The smallest absolute Gasteiger partial charge is 0.257 e. The van der Waals surface area contributed by atoms with Crippen LogP contribution < -0.4 is 9.62 Å². The highest BCUT2D eigenvalue weighted by Crippen LogP contribution is 2.37. The van der Waals surface area contributed by atoms with E-state index in [4.69, 9.17) is 11.6 Å². The molecule has 1 N–H and O–H groups in total. The predicted molar refractivity (Wildman–Crippen MR) is 110 cm³/mol. The number of carbonyl (C=O) groups is 2. The van der Waals surface area contributed by atoms with Gasteiger partial charge in [0.05, 0.1) is 27.4 Å². The number of hydrogen-bond acceptors (Lipinski definition) is 4. The molecule has 0 aromatic heterocycles. The summed E-state index contributed by atoms with van der Waals surface area (Å²) in [6, 6.07) is 9.79. The van der Waals surface area contributed by atoms with Crippen LogP contribution in [-0.4, -0.2) is 26.0 Å². The molecule has 1 saturated heterocycles. The molecule has 0 spiro atoms. The van der Waals surface area contributed by atoms with E-state index in [0.717, 1.165) is 15.4 Å². The van der Waals surface area contributed by atoms with Gasteiger partial charge in [-0.1, -0.05) is 17.7 Å². The summed E-state index contributed by atoms with van der Waals surface area (Å²) in [5.74, 6) is -1.30. The second-order valence-corrected chi connectivity index (χ2v) is 9.93. The Morgan fingerprint density at radius 2 is 1.71 bits per heavy atom. The van der Waals surface area contributed by atoms with Crippen LogP contribution in [0.4, 0.5) is 11.4 Å². The first-order valence-corrected chi connectivity index (χ1v) is 10.7. The van der Waals surface area contributed by atoms with Crippen LogP contribution >= 0.6 is 11.6 Å². The van der Waals surface area contributed by atoms with Crippen molar-refractivity contribution in [3.63, 3.8) is 0 Å².